The Bertz CT molecular complexity index is 391. The average molecular weight is 273 g/mol. The summed E-state index contributed by atoms with van der Waals surface area (Å²) in [5.74, 6) is 1.81. The highest BCUT2D eigenvalue weighted by Crippen LogP contribution is 2.38. The van der Waals surface area contributed by atoms with Crippen molar-refractivity contribution in [2.75, 3.05) is 6.54 Å². The van der Waals surface area contributed by atoms with Crippen molar-refractivity contribution >= 4 is 0 Å². The van der Waals surface area contributed by atoms with Gasteiger partial charge in [-0.1, -0.05) is 64.3 Å². The predicted molar refractivity (Wildman–Crippen MR) is 88.0 cm³/mol. The van der Waals surface area contributed by atoms with E-state index in [0.717, 1.165) is 24.8 Å². The third-order valence-corrected chi connectivity index (χ3v) is 5.14. The summed E-state index contributed by atoms with van der Waals surface area (Å²) in [4.78, 5) is 0. The number of hydrogen-bond donors (Lipinski definition) is 1. The van der Waals surface area contributed by atoms with Crippen molar-refractivity contribution in [1.29, 1.82) is 0 Å². The summed E-state index contributed by atoms with van der Waals surface area (Å²) in [5, 5.41) is 3.78. The second kappa shape index (κ2) is 7.83. The molecule has 1 heteroatoms. The van der Waals surface area contributed by atoms with Gasteiger partial charge < -0.3 is 5.32 Å². The molecule has 0 aromatic heterocycles. The molecule has 1 aliphatic rings. The highest BCUT2D eigenvalue weighted by atomic mass is 14.9. The van der Waals surface area contributed by atoms with Crippen LogP contribution in [0.2, 0.25) is 0 Å². The van der Waals surface area contributed by atoms with Crippen LogP contribution in [0.25, 0.3) is 0 Å². The molecule has 1 atom stereocenters. The molecule has 1 nitrogen and oxygen atoms in total. The summed E-state index contributed by atoms with van der Waals surface area (Å²) < 4.78 is 0. The van der Waals surface area contributed by atoms with Crippen molar-refractivity contribution in [2.45, 2.75) is 65.3 Å². The number of nitrogens with one attached hydrogen (secondary N) is 1. The molecule has 112 valence electrons. The first-order valence-electron chi connectivity index (χ1n) is 8.61. The number of rotatable bonds is 6. The fourth-order valence-electron chi connectivity index (χ4n) is 3.84. The maximum atomic E-state index is 3.78. The van der Waals surface area contributed by atoms with Crippen LogP contribution >= 0.6 is 0 Å². The zero-order valence-corrected chi connectivity index (χ0v) is 13.5. The lowest BCUT2D eigenvalue weighted by atomic mass is 9.75. The molecule has 0 radical (unpaired) electrons. The Morgan fingerprint density at radius 1 is 1.05 bits per heavy atom. The summed E-state index contributed by atoms with van der Waals surface area (Å²) in [7, 11) is 0. The lowest BCUT2D eigenvalue weighted by Gasteiger charge is -2.35. The number of aryl methyl sites for hydroxylation is 1. The molecule has 2 rings (SSSR count). The normalized spacial score (nSPS) is 24.6. The minimum atomic E-state index is 0.564. The lowest BCUT2D eigenvalue weighted by molar-refractivity contribution is 0.219. The largest absolute Gasteiger partial charge is 0.310 e. The second-order valence-electron chi connectivity index (χ2n) is 6.28. The first-order chi connectivity index (χ1) is 9.80. The van der Waals surface area contributed by atoms with E-state index in [9.17, 15) is 0 Å². The van der Waals surface area contributed by atoms with Crippen LogP contribution in [-0.2, 0) is 6.42 Å². The van der Waals surface area contributed by atoms with Crippen molar-refractivity contribution in [3.05, 3.63) is 35.4 Å². The highest BCUT2D eigenvalue weighted by Gasteiger charge is 2.28. The molecule has 0 amide bonds. The first-order valence-corrected chi connectivity index (χ1v) is 8.61. The van der Waals surface area contributed by atoms with Crippen LogP contribution in [0.1, 0.15) is 70.0 Å². The van der Waals surface area contributed by atoms with Crippen LogP contribution in [0.4, 0.5) is 0 Å². The third kappa shape index (κ3) is 3.63. The molecule has 1 unspecified atom stereocenters. The van der Waals surface area contributed by atoms with Gasteiger partial charge in [-0.25, -0.2) is 0 Å². The summed E-state index contributed by atoms with van der Waals surface area (Å²) in [6, 6.07) is 9.60. The maximum Gasteiger partial charge on any atom is 0.0351 e. The van der Waals surface area contributed by atoms with Crippen LogP contribution in [-0.4, -0.2) is 6.54 Å². The molecule has 0 heterocycles. The number of hydrogen-bond acceptors (Lipinski definition) is 1. The van der Waals surface area contributed by atoms with Crippen LogP contribution in [0.15, 0.2) is 24.3 Å². The monoisotopic (exact) mass is 273 g/mol. The molecule has 1 aromatic carbocycles. The molecule has 0 bridgehead atoms. The van der Waals surface area contributed by atoms with Gasteiger partial charge in [-0.05, 0) is 48.8 Å². The van der Waals surface area contributed by atoms with Crippen molar-refractivity contribution in [3.8, 4) is 0 Å². The van der Waals surface area contributed by atoms with Gasteiger partial charge in [0.15, 0.2) is 0 Å². The lowest BCUT2D eigenvalue weighted by Crippen LogP contribution is -2.31. The molecule has 0 spiro atoms. The molecule has 1 saturated carbocycles. The highest BCUT2D eigenvalue weighted by molar-refractivity contribution is 5.30. The minimum Gasteiger partial charge on any atom is -0.310 e. The topological polar surface area (TPSA) is 12.0 Å². The third-order valence-electron chi connectivity index (χ3n) is 5.14. The fraction of sp³-hybridized carbons (Fsp3) is 0.684. The van der Waals surface area contributed by atoms with E-state index in [2.05, 4.69) is 50.4 Å². The van der Waals surface area contributed by atoms with Gasteiger partial charge in [0.05, 0.1) is 0 Å². The maximum absolute atomic E-state index is 3.78. The summed E-state index contributed by atoms with van der Waals surface area (Å²) in [6.45, 7) is 7.92. The number of benzene rings is 1. The molecular weight excluding hydrogens is 242 g/mol. The fourth-order valence-corrected chi connectivity index (χ4v) is 3.84. The van der Waals surface area contributed by atoms with Gasteiger partial charge in [-0.15, -0.1) is 0 Å². The van der Waals surface area contributed by atoms with Crippen LogP contribution < -0.4 is 5.32 Å². The summed E-state index contributed by atoms with van der Waals surface area (Å²) in [5.41, 5.74) is 3.08. The Morgan fingerprint density at radius 2 is 1.75 bits per heavy atom. The van der Waals surface area contributed by atoms with Crippen molar-refractivity contribution in [1.82, 2.24) is 5.32 Å². The van der Waals surface area contributed by atoms with Gasteiger partial charge in [0.2, 0.25) is 0 Å². The Hall–Kier alpha value is -0.820. The predicted octanol–water partition coefficient (Wildman–Crippen LogP) is 5.12. The quantitative estimate of drug-likeness (QED) is 0.759. The van der Waals surface area contributed by atoms with Gasteiger partial charge in [-0.2, -0.15) is 0 Å². The van der Waals surface area contributed by atoms with E-state index in [1.165, 1.54) is 37.7 Å². The van der Waals surface area contributed by atoms with E-state index in [0.29, 0.717) is 6.04 Å². The molecule has 20 heavy (non-hydrogen) atoms. The van der Waals surface area contributed by atoms with Crippen molar-refractivity contribution in [3.63, 3.8) is 0 Å². The summed E-state index contributed by atoms with van der Waals surface area (Å²) >= 11 is 0. The van der Waals surface area contributed by atoms with Crippen molar-refractivity contribution in [2.24, 2.45) is 11.8 Å². The first kappa shape index (κ1) is 15.6. The zero-order valence-electron chi connectivity index (χ0n) is 13.5. The minimum absolute atomic E-state index is 0.564. The van der Waals surface area contributed by atoms with Gasteiger partial charge in [0, 0.05) is 6.04 Å². The molecule has 1 fully saturated rings. The van der Waals surface area contributed by atoms with E-state index in [-0.39, 0.29) is 0 Å². The van der Waals surface area contributed by atoms with Gasteiger partial charge in [0.1, 0.15) is 0 Å². The van der Waals surface area contributed by atoms with Crippen LogP contribution in [0.5, 0.6) is 0 Å². The Morgan fingerprint density at radius 3 is 2.35 bits per heavy atom. The molecule has 1 aliphatic carbocycles. The molecule has 1 N–H and O–H groups in total. The van der Waals surface area contributed by atoms with Gasteiger partial charge in [0.25, 0.3) is 0 Å². The van der Waals surface area contributed by atoms with Gasteiger partial charge >= 0.3 is 0 Å². The molecule has 0 saturated heterocycles. The Kier molecular flexibility index (Phi) is 6.09. The molecule has 1 aromatic rings. The average Bonchev–Trinajstić information content (AvgIpc) is 2.53. The molecular formula is C19H31N. The van der Waals surface area contributed by atoms with Crippen molar-refractivity contribution < 1.29 is 0 Å². The van der Waals surface area contributed by atoms with Crippen LogP contribution in [0, 0.1) is 11.8 Å². The zero-order chi connectivity index (χ0) is 14.4. The van der Waals surface area contributed by atoms with Gasteiger partial charge in [-0.3, -0.25) is 0 Å². The van der Waals surface area contributed by atoms with E-state index in [4.69, 9.17) is 0 Å². The second-order valence-corrected chi connectivity index (χ2v) is 6.28. The van der Waals surface area contributed by atoms with E-state index < -0.39 is 0 Å². The standard InChI is InChI=1S/C19H31N/c1-4-15-11-13-17(14-12-15)19(20-6-3)18-10-8-7-9-16(18)5-2/h7-10,15,17,19-20H,4-6,11-14H2,1-3H3. The van der Waals surface area contributed by atoms with E-state index in [1.807, 2.05) is 0 Å². The SMILES string of the molecule is CCNC(c1ccccc1CC)C1CCC(CC)CC1. The Balaban J connectivity index is 2.14. The Labute approximate surface area is 125 Å². The smallest absolute Gasteiger partial charge is 0.0351 e. The summed E-state index contributed by atoms with van der Waals surface area (Å²) in [6.07, 6.45) is 8.16. The van der Waals surface area contributed by atoms with Crippen LogP contribution in [0.3, 0.4) is 0 Å². The van der Waals surface area contributed by atoms with E-state index in [1.54, 1.807) is 5.56 Å². The van der Waals surface area contributed by atoms with E-state index >= 15 is 0 Å². The molecule has 0 aliphatic heterocycles.